The summed E-state index contributed by atoms with van der Waals surface area (Å²) in [6, 6.07) is 9.41. The van der Waals surface area contributed by atoms with Gasteiger partial charge >= 0.3 is 6.18 Å². The van der Waals surface area contributed by atoms with Crippen LogP contribution in [0.2, 0.25) is 0 Å². The molecule has 2 saturated heterocycles. The van der Waals surface area contributed by atoms with E-state index in [0.717, 1.165) is 30.7 Å². The number of amides is 1. The molecule has 9 heteroatoms. The maximum Gasteiger partial charge on any atom is 0.417 e. The van der Waals surface area contributed by atoms with E-state index in [-0.39, 0.29) is 24.4 Å². The zero-order valence-electron chi connectivity index (χ0n) is 16.1. The van der Waals surface area contributed by atoms with Crippen LogP contribution in [0.5, 0.6) is 0 Å². The summed E-state index contributed by atoms with van der Waals surface area (Å²) >= 11 is 1.45. The van der Waals surface area contributed by atoms with E-state index >= 15 is 0 Å². The molecule has 5 nitrogen and oxygen atoms in total. The van der Waals surface area contributed by atoms with Crippen LogP contribution < -0.4 is 0 Å². The molecule has 30 heavy (non-hydrogen) atoms. The standard InChI is InChI=1S/C21H21F3N2O3S/c22-21(23,24)16-5-6-18(25-11-16)30-17-7-9-26(10-8-17)19(27)14-1-3-15(4-2-14)20(28)12-29-13-20/h1-6,11,17,28H,7-10,12-13H2. The van der Waals surface area contributed by atoms with Crippen LogP contribution in [0.25, 0.3) is 0 Å². The predicted molar refractivity (Wildman–Crippen MR) is 105 cm³/mol. The number of ether oxygens (including phenoxy) is 1. The Bertz CT molecular complexity index is 891. The van der Waals surface area contributed by atoms with Crippen molar-refractivity contribution in [2.24, 2.45) is 0 Å². The van der Waals surface area contributed by atoms with Crippen LogP contribution in [-0.2, 0) is 16.5 Å². The van der Waals surface area contributed by atoms with Crippen LogP contribution in [0.4, 0.5) is 13.2 Å². The Kier molecular flexibility index (Phi) is 5.78. The highest BCUT2D eigenvalue weighted by molar-refractivity contribution is 7.99. The van der Waals surface area contributed by atoms with Gasteiger partial charge < -0.3 is 14.7 Å². The van der Waals surface area contributed by atoms with Crippen molar-refractivity contribution in [3.05, 3.63) is 59.3 Å². The van der Waals surface area contributed by atoms with Gasteiger partial charge in [0.1, 0.15) is 5.60 Å². The largest absolute Gasteiger partial charge is 0.417 e. The number of carbonyl (C=O) groups excluding carboxylic acids is 1. The fourth-order valence-electron chi connectivity index (χ4n) is 3.53. The average molecular weight is 438 g/mol. The third-order valence-electron chi connectivity index (χ3n) is 5.43. The third-order valence-corrected chi connectivity index (χ3v) is 6.72. The van der Waals surface area contributed by atoms with Crippen LogP contribution in [0.1, 0.15) is 34.3 Å². The summed E-state index contributed by atoms with van der Waals surface area (Å²) in [5.41, 5.74) is -0.401. The number of hydrogen-bond donors (Lipinski definition) is 1. The molecular formula is C21H21F3N2O3S. The second-order valence-electron chi connectivity index (χ2n) is 7.59. The average Bonchev–Trinajstić information content (AvgIpc) is 2.72. The van der Waals surface area contributed by atoms with Crippen molar-refractivity contribution >= 4 is 17.7 Å². The lowest BCUT2D eigenvalue weighted by molar-refractivity contribution is -0.184. The van der Waals surface area contributed by atoms with E-state index in [2.05, 4.69) is 4.98 Å². The number of likely N-dealkylation sites (tertiary alicyclic amines) is 1. The Labute approximate surface area is 176 Å². The van der Waals surface area contributed by atoms with Gasteiger partial charge in [0, 0.05) is 30.1 Å². The first-order valence-electron chi connectivity index (χ1n) is 9.64. The number of carbonyl (C=O) groups is 1. The van der Waals surface area contributed by atoms with Crippen molar-refractivity contribution in [2.75, 3.05) is 26.3 Å². The van der Waals surface area contributed by atoms with Gasteiger partial charge in [-0.3, -0.25) is 4.79 Å². The fraction of sp³-hybridized carbons (Fsp3) is 0.429. The number of benzene rings is 1. The molecule has 1 aromatic heterocycles. The first-order chi connectivity index (χ1) is 14.2. The van der Waals surface area contributed by atoms with Crippen LogP contribution in [-0.4, -0.2) is 52.5 Å². The maximum absolute atomic E-state index is 12.8. The second-order valence-corrected chi connectivity index (χ2v) is 8.91. The van der Waals surface area contributed by atoms with E-state index in [1.54, 1.807) is 29.2 Å². The molecule has 2 fully saturated rings. The van der Waals surface area contributed by atoms with Crippen LogP contribution in [0.3, 0.4) is 0 Å². The van der Waals surface area contributed by atoms with Gasteiger partial charge in [-0.15, -0.1) is 11.8 Å². The molecule has 0 atom stereocenters. The molecule has 160 valence electrons. The number of halogens is 3. The molecule has 0 bridgehead atoms. The number of thioether (sulfide) groups is 1. The highest BCUT2D eigenvalue weighted by Gasteiger charge is 2.38. The molecule has 2 aliphatic heterocycles. The van der Waals surface area contributed by atoms with E-state index in [0.29, 0.717) is 23.7 Å². The molecule has 4 rings (SSSR count). The van der Waals surface area contributed by atoms with Crippen molar-refractivity contribution in [3.63, 3.8) is 0 Å². The number of hydrogen-bond acceptors (Lipinski definition) is 5. The molecule has 3 heterocycles. The molecule has 0 aliphatic carbocycles. The van der Waals surface area contributed by atoms with Crippen LogP contribution in [0.15, 0.2) is 47.6 Å². The van der Waals surface area contributed by atoms with Gasteiger partial charge in [0.25, 0.3) is 5.91 Å². The van der Waals surface area contributed by atoms with Gasteiger partial charge in [0.2, 0.25) is 0 Å². The van der Waals surface area contributed by atoms with E-state index in [9.17, 15) is 23.1 Å². The molecule has 0 unspecified atom stereocenters. The number of aliphatic hydroxyl groups is 1. The van der Waals surface area contributed by atoms with E-state index in [4.69, 9.17) is 4.74 Å². The van der Waals surface area contributed by atoms with Crippen molar-refractivity contribution in [3.8, 4) is 0 Å². The minimum Gasteiger partial charge on any atom is -0.380 e. The summed E-state index contributed by atoms with van der Waals surface area (Å²) in [5, 5.41) is 11.0. The Balaban J connectivity index is 1.30. The number of piperidine rings is 1. The highest BCUT2D eigenvalue weighted by atomic mass is 32.2. The number of rotatable bonds is 4. The SMILES string of the molecule is O=C(c1ccc(C2(O)COC2)cc1)N1CCC(Sc2ccc(C(F)(F)F)cn2)CC1. The Morgan fingerprint density at radius 1 is 1.13 bits per heavy atom. The molecular weight excluding hydrogens is 417 g/mol. The lowest BCUT2D eigenvalue weighted by atomic mass is 9.91. The summed E-state index contributed by atoms with van der Waals surface area (Å²) in [6.07, 6.45) is -2.04. The van der Waals surface area contributed by atoms with E-state index < -0.39 is 17.3 Å². The second kappa shape index (κ2) is 8.20. The molecule has 0 radical (unpaired) electrons. The molecule has 0 saturated carbocycles. The van der Waals surface area contributed by atoms with Gasteiger partial charge in [-0.1, -0.05) is 12.1 Å². The Morgan fingerprint density at radius 3 is 2.30 bits per heavy atom. The third kappa shape index (κ3) is 4.48. The monoisotopic (exact) mass is 438 g/mol. The first-order valence-corrected chi connectivity index (χ1v) is 10.5. The number of alkyl halides is 3. The summed E-state index contributed by atoms with van der Waals surface area (Å²) in [4.78, 5) is 18.5. The van der Waals surface area contributed by atoms with Crippen molar-refractivity contribution in [1.29, 1.82) is 0 Å². The molecule has 2 aromatic rings. The Hall–Kier alpha value is -2.10. The molecule has 1 amide bonds. The summed E-state index contributed by atoms with van der Waals surface area (Å²) < 4.78 is 43.0. The van der Waals surface area contributed by atoms with Gasteiger partial charge in [0.05, 0.1) is 23.8 Å². The predicted octanol–water partition coefficient (Wildman–Crippen LogP) is 3.72. The van der Waals surface area contributed by atoms with Crippen molar-refractivity contribution in [1.82, 2.24) is 9.88 Å². The number of pyridine rings is 1. The fourth-order valence-corrected chi connectivity index (χ4v) is 4.58. The van der Waals surface area contributed by atoms with E-state index in [1.807, 2.05) is 0 Å². The van der Waals surface area contributed by atoms with Crippen LogP contribution in [0, 0.1) is 0 Å². The number of aromatic nitrogens is 1. The minimum atomic E-state index is -4.39. The summed E-state index contributed by atoms with van der Waals surface area (Å²) in [7, 11) is 0. The minimum absolute atomic E-state index is 0.0606. The summed E-state index contributed by atoms with van der Waals surface area (Å²) in [6.45, 7) is 1.69. The quantitative estimate of drug-likeness (QED) is 0.789. The topological polar surface area (TPSA) is 62.7 Å². The van der Waals surface area contributed by atoms with Gasteiger partial charge in [-0.25, -0.2) is 4.98 Å². The van der Waals surface area contributed by atoms with Crippen molar-refractivity contribution < 1.29 is 27.8 Å². The van der Waals surface area contributed by atoms with Gasteiger partial charge in [-0.2, -0.15) is 13.2 Å². The molecule has 1 N–H and O–H groups in total. The number of nitrogens with zero attached hydrogens (tertiary/aromatic N) is 2. The maximum atomic E-state index is 12.8. The summed E-state index contributed by atoms with van der Waals surface area (Å²) in [5.74, 6) is -0.0606. The normalized spacial score (nSPS) is 19.4. The molecule has 2 aliphatic rings. The highest BCUT2D eigenvalue weighted by Crippen LogP contribution is 2.33. The Morgan fingerprint density at radius 2 is 1.80 bits per heavy atom. The van der Waals surface area contributed by atoms with Crippen LogP contribution >= 0.6 is 11.8 Å². The zero-order chi connectivity index (χ0) is 21.4. The zero-order valence-corrected chi connectivity index (χ0v) is 16.9. The lowest BCUT2D eigenvalue weighted by Gasteiger charge is -2.36. The molecule has 0 spiro atoms. The first kappa shape index (κ1) is 21.1. The molecule has 1 aromatic carbocycles. The van der Waals surface area contributed by atoms with Gasteiger partial charge in [-0.05, 0) is 42.7 Å². The van der Waals surface area contributed by atoms with E-state index in [1.165, 1.54) is 17.8 Å². The van der Waals surface area contributed by atoms with Gasteiger partial charge in [0.15, 0.2) is 0 Å². The van der Waals surface area contributed by atoms with Crippen molar-refractivity contribution in [2.45, 2.75) is 34.9 Å². The lowest BCUT2D eigenvalue weighted by Crippen LogP contribution is -2.46. The smallest absolute Gasteiger partial charge is 0.380 e.